The van der Waals surface area contributed by atoms with Crippen molar-refractivity contribution in [3.05, 3.63) is 30.3 Å². The number of aliphatic hydroxyl groups is 1. The van der Waals surface area contributed by atoms with Gasteiger partial charge in [-0.05, 0) is 19.2 Å². The van der Waals surface area contributed by atoms with Crippen molar-refractivity contribution in [1.29, 1.82) is 0 Å². The van der Waals surface area contributed by atoms with Crippen LogP contribution in [0.5, 0.6) is 0 Å². The fraction of sp³-hybridized carbons (Fsp3) is 0.462. The predicted molar refractivity (Wildman–Crippen MR) is 70.5 cm³/mol. The first-order valence-corrected chi connectivity index (χ1v) is 5.82. The summed E-state index contributed by atoms with van der Waals surface area (Å²) in [6, 6.07) is 9.28. The molecule has 0 aromatic heterocycles. The van der Waals surface area contributed by atoms with E-state index in [-0.39, 0.29) is 19.1 Å². The summed E-state index contributed by atoms with van der Waals surface area (Å²) in [5.41, 5.74) is 0.772. The monoisotopic (exact) mass is 252 g/mol. The van der Waals surface area contributed by atoms with Crippen LogP contribution in [0.4, 0.5) is 5.69 Å². The van der Waals surface area contributed by atoms with Crippen LogP contribution in [0, 0.1) is 0 Å². The highest BCUT2D eigenvalue weighted by molar-refractivity contribution is 5.92. The molecule has 5 heteroatoms. The molecule has 1 unspecified atom stereocenters. The third kappa shape index (κ3) is 5.77. The van der Waals surface area contributed by atoms with E-state index in [4.69, 9.17) is 4.74 Å². The number of nitrogens with one attached hydrogen (secondary N) is 1. The highest BCUT2D eigenvalue weighted by atomic mass is 16.5. The third-order valence-electron chi connectivity index (χ3n) is 2.35. The third-order valence-corrected chi connectivity index (χ3v) is 2.35. The second-order valence-corrected chi connectivity index (χ2v) is 4.22. The van der Waals surface area contributed by atoms with Crippen LogP contribution in [-0.4, -0.2) is 55.9 Å². The second kappa shape index (κ2) is 7.81. The minimum absolute atomic E-state index is 0.103. The molecular formula is C13H20N2O3. The van der Waals surface area contributed by atoms with E-state index in [9.17, 15) is 9.90 Å². The molecule has 0 fully saturated rings. The van der Waals surface area contributed by atoms with E-state index in [0.717, 1.165) is 5.69 Å². The van der Waals surface area contributed by atoms with Crippen molar-refractivity contribution >= 4 is 11.6 Å². The number of likely N-dealkylation sites (N-methyl/N-ethyl adjacent to an activating group) is 1. The smallest absolute Gasteiger partial charge is 0.238 e. The van der Waals surface area contributed by atoms with Gasteiger partial charge in [-0.25, -0.2) is 0 Å². The van der Waals surface area contributed by atoms with Gasteiger partial charge >= 0.3 is 0 Å². The summed E-state index contributed by atoms with van der Waals surface area (Å²) in [5.74, 6) is -0.103. The van der Waals surface area contributed by atoms with Crippen molar-refractivity contribution < 1.29 is 14.6 Å². The Balaban J connectivity index is 2.31. The standard InChI is InChI=1S/C13H20N2O3/c1-15(8-12(16)10-18-2)9-13(17)14-11-6-4-3-5-7-11/h3-7,12,16H,8-10H2,1-2H3,(H,14,17). The van der Waals surface area contributed by atoms with Gasteiger partial charge in [0.05, 0.1) is 19.3 Å². The highest BCUT2D eigenvalue weighted by Crippen LogP contribution is 2.04. The Hall–Kier alpha value is -1.43. The fourth-order valence-electron chi connectivity index (χ4n) is 1.64. The Labute approximate surface area is 107 Å². The van der Waals surface area contributed by atoms with Crippen LogP contribution in [0.25, 0.3) is 0 Å². The number of carbonyl (C=O) groups excluding carboxylic acids is 1. The van der Waals surface area contributed by atoms with Gasteiger partial charge in [-0.15, -0.1) is 0 Å². The molecule has 5 nitrogen and oxygen atoms in total. The summed E-state index contributed by atoms with van der Waals surface area (Å²) < 4.78 is 4.83. The maximum atomic E-state index is 11.7. The number of hydrogen-bond acceptors (Lipinski definition) is 4. The minimum atomic E-state index is -0.579. The highest BCUT2D eigenvalue weighted by Gasteiger charge is 2.11. The van der Waals surface area contributed by atoms with E-state index in [2.05, 4.69) is 5.32 Å². The van der Waals surface area contributed by atoms with E-state index < -0.39 is 6.10 Å². The van der Waals surface area contributed by atoms with Crippen LogP contribution in [0.1, 0.15) is 0 Å². The molecule has 0 aliphatic carbocycles. The van der Waals surface area contributed by atoms with Crippen LogP contribution in [0.2, 0.25) is 0 Å². The summed E-state index contributed by atoms with van der Waals surface area (Å²) >= 11 is 0. The Morgan fingerprint density at radius 3 is 2.72 bits per heavy atom. The normalized spacial score (nSPS) is 12.4. The minimum Gasteiger partial charge on any atom is -0.389 e. The van der Waals surface area contributed by atoms with Crippen molar-refractivity contribution in [3.63, 3.8) is 0 Å². The van der Waals surface area contributed by atoms with E-state index in [1.54, 1.807) is 11.9 Å². The summed E-state index contributed by atoms with van der Waals surface area (Å²) in [7, 11) is 3.31. The molecule has 0 aliphatic heterocycles. The van der Waals surface area contributed by atoms with E-state index in [0.29, 0.717) is 6.54 Å². The summed E-state index contributed by atoms with van der Waals surface area (Å²) in [4.78, 5) is 13.4. The van der Waals surface area contributed by atoms with Crippen molar-refractivity contribution in [1.82, 2.24) is 4.90 Å². The molecule has 0 aliphatic rings. The molecule has 0 radical (unpaired) electrons. The number of para-hydroxylation sites is 1. The van der Waals surface area contributed by atoms with E-state index in [1.165, 1.54) is 7.11 Å². The molecule has 18 heavy (non-hydrogen) atoms. The lowest BCUT2D eigenvalue weighted by atomic mass is 10.3. The molecule has 0 saturated heterocycles. The molecule has 1 rings (SSSR count). The molecular weight excluding hydrogens is 232 g/mol. The zero-order valence-corrected chi connectivity index (χ0v) is 10.8. The number of ether oxygens (including phenoxy) is 1. The van der Waals surface area contributed by atoms with Gasteiger partial charge in [0.25, 0.3) is 0 Å². The maximum absolute atomic E-state index is 11.7. The first kappa shape index (κ1) is 14.6. The molecule has 100 valence electrons. The predicted octanol–water partition coefficient (Wildman–Crippen LogP) is 0.564. The van der Waals surface area contributed by atoms with Gasteiger partial charge in [0.15, 0.2) is 0 Å². The van der Waals surface area contributed by atoms with Crippen molar-refractivity contribution in [2.45, 2.75) is 6.10 Å². The number of hydrogen-bond donors (Lipinski definition) is 2. The Morgan fingerprint density at radius 2 is 2.11 bits per heavy atom. The van der Waals surface area contributed by atoms with Crippen molar-refractivity contribution in [2.24, 2.45) is 0 Å². The number of rotatable bonds is 7. The van der Waals surface area contributed by atoms with Gasteiger partial charge in [0.2, 0.25) is 5.91 Å². The molecule has 2 N–H and O–H groups in total. The van der Waals surface area contributed by atoms with Gasteiger partial charge in [0.1, 0.15) is 0 Å². The maximum Gasteiger partial charge on any atom is 0.238 e. The topological polar surface area (TPSA) is 61.8 Å². The number of nitrogens with zero attached hydrogens (tertiary/aromatic N) is 1. The second-order valence-electron chi connectivity index (χ2n) is 4.22. The lowest BCUT2D eigenvalue weighted by Crippen LogP contribution is -2.37. The molecule has 1 amide bonds. The zero-order valence-electron chi connectivity index (χ0n) is 10.8. The summed E-state index contributed by atoms with van der Waals surface area (Å²) in [5, 5.41) is 12.3. The lowest BCUT2D eigenvalue weighted by Gasteiger charge is -2.19. The number of methoxy groups -OCH3 is 1. The van der Waals surface area contributed by atoms with Gasteiger partial charge < -0.3 is 15.2 Å². The summed E-state index contributed by atoms with van der Waals surface area (Å²) in [6.07, 6.45) is -0.579. The van der Waals surface area contributed by atoms with Gasteiger partial charge in [0, 0.05) is 19.3 Å². The number of carbonyl (C=O) groups is 1. The number of aliphatic hydroxyl groups excluding tert-OH is 1. The lowest BCUT2D eigenvalue weighted by molar-refractivity contribution is -0.117. The average Bonchev–Trinajstić information content (AvgIpc) is 2.29. The van der Waals surface area contributed by atoms with E-state index in [1.807, 2.05) is 30.3 Å². The van der Waals surface area contributed by atoms with Gasteiger partial charge in [-0.2, -0.15) is 0 Å². The fourth-order valence-corrected chi connectivity index (χ4v) is 1.64. The van der Waals surface area contributed by atoms with Crippen LogP contribution in [0.15, 0.2) is 30.3 Å². The molecule has 0 heterocycles. The largest absolute Gasteiger partial charge is 0.389 e. The average molecular weight is 252 g/mol. The van der Waals surface area contributed by atoms with Crippen molar-refractivity contribution in [2.75, 3.05) is 39.2 Å². The van der Waals surface area contributed by atoms with Crippen LogP contribution < -0.4 is 5.32 Å². The van der Waals surface area contributed by atoms with E-state index >= 15 is 0 Å². The van der Waals surface area contributed by atoms with Crippen LogP contribution >= 0.6 is 0 Å². The number of benzene rings is 1. The molecule has 0 saturated carbocycles. The Bertz CT molecular complexity index is 357. The Morgan fingerprint density at radius 1 is 1.44 bits per heavy atom. The molecule has 1 aromatic rings. The number of amides is 1. The van der Waals surface area contributed by atoms with Gasteiger partial charge in [-0.3, -0.25) is 9.69 Å². The first-order chi connectivity index (χ1) is 8.61. The number of anilines is 1. The first-order valence-electron chi connectivity index (χ1n) is 5.82. The SMILES string of the molecule is COCC(O)CN(C)CC(=O)Nc1ccccc1. The zero-order chi connectivity index (χ0) is 13.4. The Kier molecular flexibility index (Phi) is 6.35. The molecule has 1 atom stereocenters. The molecule has 0 spiro atoms. The van der Waals surface area contributed by atoms with Crippen LogP contribution in [0.3, 0.4) is 0 Å². The quantitative estimate of drug-likeness (QED) is 0.744. The van der Waals surface area contributed by atoms with Gasteiger partial charge in [-0.1, -0.05) is 18.2 Å². The van der Waals surface area contributed by atoms with Crippen molar-refractivity contribution in [3.8, 4) is 0 Å². The molecule has 0 bridgehead atoms. The molecule has 1 aromatic carbocycles. The summed E-state index contributed by atoms with van der Waals surface area (Å²) in [6.45, 7) is 0.899. The van der Waals surface area contributed by atoms with Crippen LogP contribution in [-0.2, 0) is 9.53 Å².